The Bertz CT molecular complexity index is 510. The fourth-order valence-electron chi connectivity index (χ4n) is 3.16. The summed E-state index contributed by atoms with van der Waals surface area (Å²) in [6.07, 6.45) is 6.14. The Hall–Kier alpha value is -1.39. The summed E-state index contributed by atoms with van der Waals surface area (Å²) < 4.78 is 5.38. The molecular formula is C21H34N2O2. The lowest BCUT2D eigenvalue weighted by Crippen LogP contribution is -2.35. The van der Waals surface area contributed by atoms with Crippen molar-refractivity contribution in [3.05, 3.63) is 35.4 Å². The minimum atomic E-state index is 0.0472. The first-order valence-corrected chi connectivity index (χ1v) is 9.82. The predicted octanol–water partition coefficient (Wildman–Crippen LogP) is 3.86. The van der Waals surface area contributed by atoms with Gasteiger partial charge in [-0.2, -0.15) is 0 Å². The van der Waals surface area contributed by atoms with Crippen LogP contribution in [0, 0.1) is 5.92 Å². The maximum absolute atomic E-state index is 12.3. The van der Waals surface area contributed by atoms with Crippen LogP contribution in [0.1, 0.15) is 61.9 Å². The first kappa shape index (κ1) is 19.9. The van der Waals surface area contributed by atoms with Crippen LogP contribution in [0.3, 0.4) is 0 Å². The number of morpholine rings is 1. The molecule has 1 aliphatic rings. The van der Waals surface area contributed by atoms with Crippen LogP contribution in [0.2, 0.25) is 0 Å². The zero-order valence-corrected chi connectivity index (χ0v) is 15.9. The lowest BCUT2D eigenvalue weighted by molar-refractivity contribution is 0.0342. The summed E-state index contributed by atoms with van der Waals surface area (Å²) in [6, 6.07) is 8.01. The highest BCUT2D eigenvalue weighted by atomic mass is 16.5. The Balaban J connectivity index is 1.67. The molecule has 1 aromatic rings. The molecule has 25 heavy (non-hydrogen) atoms. The number of nitrogens with one attached hydrogen (secondary N) is 1. The first-order valence-electron chi connectivity index (χ1n) is 9.82. The smallest absolute Gasteiger partial charge is 0.251 e. The van der Waals surface area contributed by atoms with E-state index >= 15 is 0 Å². The highest BCUT2D eigenvalue weighted by molar-refractivity contribution is 5.94. The lowest BCUT2D eigenvalue weighted by atomic mass is 10.0. The number of benzene rings is 1. The summed E-state index contributed by atoms with van der Waals surface area (Å²) in [6.45, 7) is 9.74. The number of unbranched alkanes of at least 4 members (excludes halogenated alkanes) is 3. The van der Waals surface area contributed by atoms with E-state index in [-0.39, 0.29) is 5.91 Å². The number of nitrogens with zero attached hydrogens (tertiary/aromatic N) is 1. The topological polar surface area (TPSA) is 41.6 Å². The van der Waals surface area contributed by atoms with E-state index < -0.39 is 0 Å². The fraction of sp³-hybridized carbons (Fsp3) is 0.667. The maximum atomic E-state index is 12.3. The molecule has 1 N–H and O–H groups in total. The molecule has 0 aliphatic carbocycles. The molecule has 0 spiro atoms. The third-order valence-corrected chi connectivity index (χ3v) is 4.69. The molecule has 140 valence electrons. The zero-order chi connectivity index (χ0) is 17.9. The highest BCUT2D eigenvalue weighted by Gasteiger charge is 2.12. The van der Waals surface area contributed by atoms with E-state index in [2.05, 4.69) is 30.1 Å². The van der Waals surface area contributed by atoms with Crippen molar-refractivity contribution >= 4 is 5.91 Å². The minimum absolute atomic E-state index is 0.0472. The Morgan fingerprint density at radius 1 is 1.16 bits per heavy atom. The third kappa shape index (κ3) is 8.02. The number of hydrogen-bond acceptors (Lipinski definition) is 3. The first-order chi connectivity index (χ1) is 12.1. The van der Waals surface area contributed by atoms with Gasteiger partial charge in [-0.05, 0) is 30.0 Å². The van der Waals surface area contributed by atoms with Crippen molar-refractivity contribution in [2.24, 2.45) is 5.92 Å². The average molecular weight is 347 g/mol. The molecule has 0 unspecified atom stereocenters. The summed E-state index contributed by atoms with van der Waals surface area (Å²) in [5.74, 6) is 0.843. The number of carbonyl (C=O) groups excluding carboxylic acids is 1. The van der Waals surface area contributed by atoms with Crippen molar-refractivity contribution in [2.75, 3.05) is 32.8 Å². The monoisotopic (exact) mass is 346 g/mol. The van der Waals surface area contributed by atoms with Crippen LogP contribution in [-0.4, -0.2) is 43.7 Å². The third-order valence-electron chi connectivity index (χ3n) is 4.69. The van der Waals surface area contributed by atoms with Crippen molar-refractivity contribution in [1.82, 2.24) is 10.2 Å². The van der Waals surface area contributed by atoms with Gasteiger partial charge in [0.2, 0.25) is 0 Å². The normalized spacial score (nSPS) is 15.5. The summed E-state index contributed by atoms with van der Waals surface area (Å²) in [4.78, 5) is 14.7. The van der Waals surface area contributed by atoms with Crippen molar-refractivity contribution in [1.29, 1.82) is 0 Å². The van der Waals surface area contributed by atoms with Gasteiger partial charge in [-0.1, -0.05) is 51.7 Å². The van der Waals surface area contributed by atoms with Crippen LogP contribution < -0.4 is 5.32 Å². The van der Waals surface area contributed by atoms with E-state index in [9.17, 15) is 4.79 Å². The second-order valence-corrected chi connectivity index (χ2v) is 7.44. The van der Waals surface area contributed by atoms with Gasteiger partial charge < -0.3 is 10.1 Å². The highest BCUT2D eigenvalue weighted by Crippen LogP contribution is 2.11. The molecule has 4 heteroatoms. The van der Waals surface area contributed by atoms with Crippen molar-refractivity contribution < 1.29 is 9.53 Å². The van der Waals surface area contributed by atoms with E-state index in [4.69, 9.17) is 4.74 Å². The predicted molar refractivity (Wildman–Crippen MR) is 103 cm³/mol. The molecular weight excluding hydrogens is 312 g/mol. The Kier molecular flexibility index (Phi) is 8.98. The van der Waals surface area contributed by atoms with Gasteiger partial charge in [0.15, 0.2) is 0 Å². The standard InChI is InChI=1S/C21H34N2O2/c1-18(2)8-5-3-4-6-11-22-21(24)20-10-7-9-19(16-20)17-23-12-14-25-15-13-23/h7,9-10,16,18H,3-6,8,11-15,17H2,1-2H3,(H,22,24). The second-order valence-electron chi connectivity index (χ2n) is 7.44. The molecule has 1 aromatic carbocycles. The van der Waals surface area contributed by atoms with E-state index in [1.165, 1.54) is 31.2 Å². The van der Waals surface area contributed by atoms with Gasteiger partial charge in [-0.25, -0.2) is 0 Å². The lowest BCUT2D eigenvalue weighted by Gasteiger charge is -2.26. The number of rotatable bonds is 10. The summed E-state index contributed by atoms with van der Waals surface area (Å²) >= 11 is 0. The number of carbonyl (C=O) groups is 1. The van der Waals surface area contributed by atoms with E-state index in [1.807, 2.05) is 18.2 Å². The fourth-order valence-corrected chi connectivity index (χ4v) is 3.16. The zero-order valence-electron chi connectivity index (χ0n) is 15.9. The van der Waals surface area contributed by atoms with Crippen LogP contribution in [0.25, 0.3) is 0 Å². The number of ether oxygens (including phenoxy) is 1. The molecule has 1 amide bonds. The molecule has 4 nitrogen and oxygen atoms in total. The van der Waals surface area contributed by atoms with E-state index in [0.29, 0.717) is 0 Å². The van der Waals surface area contributed by atoms with Crippen molar-refractivity contribution in [2.45, 2.75) is 52.5 Å². The van der Waals surface area contributed by atoms with Crippen molar-refractivity contribution in [3.8, 4) is 0 Å². The van der Waals surface area contributed by atoms with Gasteiger partial charge in [-0.15, -0.1) is 0 Å². The Labute approximate surface area is 152 Å². The summed E-state index contributed by atoms with van der Waals surface area (Å²) in [5.41, 5.74) is 1.97. The van der Waals surface area contributed by atoms with Gasteiger partial charge in [0.25, 0.3) is 5.91 Å². The van der Waals surface area contributed by atoms with E-state index in [0.717, 1.165) is 57.3 Å². The minimum Gasteiger partial charge on any atom is -0.379 e. The molecule has 1 aliphatic heterocycles. The second kappa shape index (κ2) is 11.3. The molecule has 1 fully saturated rings. The Morgan fingerprint density at radius 3 is 2.68 bits per heavy atom. The summed E-state index contributed by atoms with van der Waals surface area (Å²) in [7, 11) is 0. The molecule has 1 heterocycles. The van der Waals surface area contributed by atoms with E-state index in [1.54, 1.807) is 0 Å². The largest absolute Gasteiger partial charge is 0.379 e. The maximum Gasteiger partial charge on any atom is 0.251 e. The van der Waals surface area contributed by atoms with Gasteiger partial charge >= 0.3 is 0 Å². The van der Waals surface area contributed by atoms with Crippen LogP contribution in [-0.2, 0) is 11.3 Å². The van der Waals surface area contributed by atoms with Crippen LogP contribution in [0.5, 0.6) is 0 Å². The van der Waals surface area contributed by atoms with Crippen molar-refractivity contribution in [3.63, 3.8) is 0 Å². The SMILES string of the molecule is CC(C)CCCCCCNC(=O)c1cccc(CN2CCOCC2)c1. The van der Waals surface area contributed by atoms with Crippen LogP contribution in [0.4, 0.5) is 0 Å². The number of amides is 1. The van der Waals surface area contributed by atoms with Gasteiger partial charge in [0, 0.05) is 31.7 Å². The molecule has 0 aromatic heterocycles. The Morgan fingerprint density at radius 2 is 1.92 bits per heavy atom. The molecule has 0 saturated carbocycles. The quantitative estimate of drug-likeness (QED) is 0.654. The average Bonchev–Trinajstić information content (AvgIpc) is 2.61. The molecule has 2 rings (SSSR count). The summed E-state index contributed by atoms with van der Waals surface area (Å²) in [5, 5.41) is 3.06. The molecule has 0 bridgehead atoms. The molecule has 0 atom stereocenters. The van der Waals surface area contributed by atoms with Crippen LogP contribution in [0.15, 0.2) is 24.3 Å². The molecule has 0 radical (unpaired) electrons. The van der Waals surface area contributed by atoms with Gasteiger partial charge in [0.05, 0.1) is 13.2 Å². The van der Waals surface area contributed by atoms with Crippen LogP contribution >= 0.6 is 0 Å². The molecule has 1 saturated heterocycles. The number of hydrogen-bond donors (Lipinski definition) is 1. The van der Waals surface area contributed by atoms with Gasteiger partial charge in [0.1, 0.15) is 0 Å². The van der Waals surface area contributed by atoms with Gasteiger partial charge in [-0.3, -0.25) is 9.69 Å².